The fraction of sp³-hybridized carbons (Fsp3) is 0.533. The zero-order valence-electron chi connectivity index (χ0n) is 11.9. The smallest absolute Gasteiger partial charge is 0.120 e. The number of nitriles is 1. The van der Waals surface area contributed by atoms with Gasteiger partial charge in [-0.25, -0.2) is 0 Å². The second-order valence-corrected chi connectivity index (χ2v) is 4.65. The first kappa shape index (κ1) is 14.6. The Morgan fingerprint density at radius 2 is 2.20 bits per heavy atom. The summed E-state index contributed by atoms with van der Waals surface area (Å²) in [4.78, 5) is 2.32. The molecule has 1 N–H and O–H groups in total. The van der Waals surface area contributed by atoms with E-state index in [1.54, 1.807) is 6.07 Å². The summed E-state index contributed by atoms with van der Waals surface area (Å²) < 4.78 is 11.0. The van der Waals surface area contributed by atoms with E-state index < -0.39 is 0 Å². The van der Waals surface area contributed by atoms with Gasteiger partial charge in [0.05, 0.1) is 24.5 Å². The van der Waals surface area contributed by atoms with Crippen LogP contribution < -0.4 is 10.1 Å². The molecule has 1 aliphatic heterocycles. The lowest BCUT2D eigenvalue weighted by molar-refractivity contribution is 0.0322. The largest absolute Gasteiger partial charge is 0.492 e. The zero-order valence-corrected chi connectivity index (χ0v) is 11.9. The molecular weight excluding hydrogens is 254 g/mol. The van der Waals surface area contributed by atoms with E-state index in [0.29, 0.717) is 12.2 Å². The summed E-state index contributed by atoms with van der Waals surface area (Å²) in [7, 11) is 0. The van der Waals surface area contributed by atoms with Crippen molar-refractivity contribution in [3.05, 3.63) is 23.8 Å². The number of morpholine rings is 1. The molecule has 5 heteroatoms. The van der Waals surface area contributed by atoms with E-state index in [1.165, 1.54) is 0 Å². The van der Waals surface area contributed by atoms with Gasteiger partial charge in [-0.05, 0) is 25.1 Å². The number of benzene rings is 1. The molecule has 0 atom stereocenters. The lowest BCUT2D eigenvalue weighted by Gasteiger charge is -2.26. The molecule has 0 unspecified atom stereocenters. The minimum absolute atomic E-state index is 0.621. The summed E-state index contributed by atoms with van der Waals surface area (Å²) in [6.45, 7) is 7.86. The van der Waals surface area contributed by atoms with Crippen molar-refractivity contribution in [1.29, 1.82) is 5.26 Å². The van der Waals surface area contributed by atoms with Crippen molar-refractivity contribution in [3.63, 3.8) is 0 Å². The van der Waals surface area contributed by atoms with Gasteiger partial charge in [-0.2, -0.15) is 5.26 Å². The van der Waals surface area contributed by atoms with Crippen LogP contribution in [0.1, 0.15) is 12.5 Å². The Morgan fingerprint density at radius 1 is 1.40 bits per heavy atom. The fourth-order valence-electron chi connectivity index (χ4n) is 2.17. The van der Waals surface area contributed by atoms with Crippen molar-refractivity contribution in [2.45, 2.75) is 6.92 Å². The van der Waals surface area contributed by atoms with Crippen LogP contribution in [0.25, 0.3) is 0 Å². The lowest BCUT2D eigenvalue weighted by atomic mass is 10.2. The van der Waals surface area contributed by atoms with E-state index >= 15 is 0 Å². The average Bonchev–Trinajstić information content (AvgIpc) is 2.50. The van der Waals surface area contributed by atoms with Crippen LogP contribution in [0.5, 0.6) is 5.75 Å². The quantitative estimate of drug-likeness (QED) is 0.856. The van der Waals surface area contributed by atoms with Gasteiger partial charge in [-0.1, -0.05) is 0 Å². The van der Waals surface area contributed by atoms with E-state index in [2.05, 4.69) is 16.3 Å². The SMILES string of the molecule is CCNc1ccc(OCCN2CCOCC2)cc1C#N. The number of hydrogen-bond acceptors (Lipinski definition) is 5. The number of hydrogen-bond donors (Lipinski definition) is 1. The van der Waals surface area contributed by atoms with E-state index in [9.17, 15) is 0 Å². The molecule has 0 bridgehead atoms. The first-order chi connectivity index (χ1) is 9.83. The molecule has 20 heavy (non-hydrogen) atoms. The summed E-state index contributed by atoms with van der Waals surface area (Å²) in [5, 5.41) is 12.3. The zero-order chi connectivity index (χ0) is 14.2. The van der Waals surface area contributed by atoms with Gasteiger partial charge in [-0.15, -0.1) is 0 Å². The van der Waals surface area contributed by atoms with Gasteiger partial charge in [0.25, 0.3) is 0 Å². The Hall–Kier alpha value is -1.77. The first-order valence-electron chi connectivity index (χ1n) is 7.04. The number of rotatable bonds is 6. The molecule has 0 aliphatic carbocycles. The maximum Gasteiger partial charge on any atom is 0.120 e. The van der Waals surface area contributed by atoms with Crippen LogP contribution >= 0.6 is 0 Å². The molecule has 5 nitrogen and oxygen atoms in total. The van der Waals surface area contributed by atoms with Crippen molar-refractivity contribution in [3.8, 4) is 11.8 Å². The summed E-state index contributed by atoms with van der Waals surface area (Å²) in [6, 6.07) is 7.78. The highest BCUT2D eigenvalue weighted by Gasteiger charge is 2.10. The maximum atomic E-state index is 9.13. The van der Waals surface area contributed by atoms with E-state index in [0.717, 1.165) is 50.8 Å². The van der Waals surface area contributed by atoms with E-state index in [-0.39, 0.29) is 0 Å². The highest BCUT2D eigenvalue weighted by Crippen LogP contribution is 2.21. The van der Waals surface area contributed by atoms with Gasteiger partial charge in [0.2, 0.25) is 0 Å². The fourth-order valence-corrected chi connectivity index (χ4v) is 2.17. The molecular formula is C15H21N3O2. The predicted octanol–water partition coefficient (Wildman–Crippen LogP) is 1.70. The van der Waals surface area contributed by atoms with Crippen molar-refractivity contribution in [1.82, 2.24) is 4.90 Å². The van der Waals surface area contributed by atoms with Crippen LogP contribution in [-0.2, 0) is 4.74 Å². The molecule has 1 saturated heterocycles. The Kier molecular flexibility index (Phi) is 5.66. The normalized spacial score (nSPS) is 15.6. The van der Waals surface area contributed by atoms with Gasteiger partial charge in [-0.3, -0.25) is 4.90 Å². The third kappa shape index (κ3) is 4.12. The molecule has 0 amide bonds. The molecule has 0 radical (unpaired) electrons. The summed E-state index contributed by atoms with van der Waals surface area (Å²) >= 11 is 0. The van der Waals surface area contributed by atoms with Crippen LogP contribution in [-0.4, -0.2) is 50.9 Å². The summed E-state index contributed by atoms with van der Waals surface area (Å²) in [6.07, 6.45) is 0. The van der Waals surface area contributed by atoms with Gasteiger partial charge >= 0.3 is 0 Å². The van der Waals surface area contributed by atoms with Crippen LogP contribution in [0.2, 0.25) is 0 Å². The minimum atomic E-state index is 0.621. The monoisotopic (exact) mass is 275 g/mol. The standard InChI is InChI=1S/C15H21N3O2/c1-2-17-15-4-3-14(11-13(15)12-16)20-10-7-18-5-8-19-9-6-18/h3-4,11,17H,2,5-10H2,1H3. The molecule has 1 aromatic rings. The van der Waals surface area contributed by atoms with Crippen molar-refractivity contribution in [2.75, 3.05) is 51.3 Å². The van der Waals surface area contributed by atoms with Crippen molar-refractivity contribution < 1.29 is 9.47 Å². The predicted molar refractivity (Wildman–Crippen MR) is 78.1 cm³/mol. The molecule has 1 aromatic carbocycles. The lowest BCUT2D eigenvalue weighted by Crippen LogP contribution is -2.38. The Balaban J connectivity index is 1.84. The van der Waals surface area contributed by atoms with Crippen LogP contribution in [0, 0.1) is 11.3 Å². The highest BCUT2D eigenvalue weighted by molar-refractivity contribution is 5.59. The number of ether oxygens (including phenoxy) is 2. The average molecular weight is 275 g/mol. The topological polar surface area (TPSA) is 57.5 Å². The molecule has 1 heterocycles. The third-order valence-electron chi connectivity index (χ3n) is 3.26. The maximum absolute atomic E-state index is 9.13. The molecule has 0 aromatic heterocycles. The molecule has 0 saturated carbocycles. The van der Waals surface area contributed by atoms with Gasteiger partial charge in [0, 0.05) is 26.2 Å². The summed E-state index contributed by atoms with van der Waals surface area (Å²) in [5.74, 6) is 0.747. The Bertz CT molecular complexity index is 465. The number of nitrogens with zero attached hydrogens (tertiary/aromatic N) is 2. The number of anilines is 1. The van der Waals surface area contributed by atoms with Gasteiger partial charge < -0.3 is 14.8 Å². The third-order valence-corrected chi connectivity index (χ3v) is 3.26. The molecule has 2 rings (SSSR count). The summed E-state index contributed by atoms with van der Waals surface area (Å²) in [5.41, 5.74) is 1.48. The Morgan fingerprint density at radius 3 is 2.90 bits per heavy atom. The minimum Gasteiger partial charge on any atom is -0.492 e. The van der Waals surface area contributed by atoms with Crippen LogP contribution in [0.15, 0.2) is 18.2 Å². The van der Waals surface area contributed by atoms with Crippen LogP contribution in [0.4, 0.5) is 5.69 Å². The first-order valence-corrected chi connectivity index (χ1v) is 7.04. The van der Waals surface area contributed by atoms with Gasteiger partial charge in [0.1, 0.15) is 18.4 Å². The molecule has 108 valence electrons. The van der Waals surface area contributed by atoms with E-state index in [1.807, 2.05) is 19.1 Å². The van der Waals surface area contributed by atoms with Crippen molar-refractivity contribution in [2.24, 2.45) is 0 Å². The van der Waals surface area contributed by atoms with Crippen molar-refractivity contribution >= 4 is 5.69 Å². The molecule has 1 aliphatic rings. The Labute approximate surface area is 120 Å². The van der Waals surface area contributed by atoms with Gasteiger partial charge in [0.15, 0.2) is 0 Å². The number of nitrogens with one attached hydrogen (secondary N) is 1. The second kappa shape index (κ2) is 7.73. The highest BCUT2D eigenvalue weighted by atomic mass is 16.5. The van der Waals surface area contributed by atoms with Crippen LogP contribution in [0.3, 0.4) is 0 Å². The van der Waals surface area contributed by atoms with E-state index in [4.69, 9.17) is 14.7 Å². The molecule has 0 spiro atoms. The second-order valence-electron chi connectivity index (χ2n) is 4.65. The molecule has 1 fully saturated rings.